The van der Waals surface area contributed by atoms with Gasteiger partial charge in [-0.2, -0.15) is 9.97 Å². The maximum absolute atomic E-state index is 12.1. The molecule has 204 valence electrons. The average molecular weight is 528 g/mol. The van der Waals surface area contributed by atoms with Gasteiger partial charge in [0.1, 0.15) is 0 Å². The van der Waals surface area contributed by atoms with Gasteiger partial charge in [0.05, 0.1) is 12.4 Å². The van der Waals surface area contributed by atoms with Crippen molar-refractivity contribution in [2.24, 2.45) is 0 Å². The van der Waals surface area contributed by atoms with Crippen LogP contribution in [0.2, 0.25) is 0 Å². The molecule has 0 radical (unpaired) electrons. The van der Waals surface area contributed by atoms with Gasteiger partial charge < -0.3 is 19.9 Å². The Morgan fingerprint density at radius 2 is 1.77 bits per heavy atom. The third-order valence-electron chi connectivity index (χ3n) is 7.23. The first-order chi connectivity index (χ1) is 18.6. The van der Waals surface area contributed by atoms with E-state index in [1.165, 1.54) is 11.1 Å². The molecule has 0 unspecified atom stereocenters. The van der Waals surface area contributed by atoms with Crippen LogP contribution in [-0.4, -0.2) is 60.3 Å². The van der Waals surface area contributed by atoms with Crippen molar-refractivity contribution in [3.8, 4) is 11.1 Å². The van der Waals surface area contributed by atoms with Crippen molar-refractivity contribution in [3.63, 3.8) is 0 Å². The second-order valence-electron chi connectivity index (χ2n) is 11.4. The summed E-state index contributed by atoms with van der Waals surface area (Å²) in [6.07, 6.45) is 1.64. The lowest BCUT2D eigenvalue weighted by Gasteiger charge is -2.37. The first kappa shape index (κ1) is 26.5. The van der Waals surface area contributed by atoms with Crippen molar-refractivity contribution in [2.75, 3.05) is 23.3 Å². The molecule has 1 amide bonds. The maximum Gasteiger partial charge on any atom is 0.408 e. The third-order valence-corrected chi connectivity index (χ3v) is 7.23. The third kappa shape index (κ3) is 5.53. The van der Waals surface area contributed by atoms with Crippen molar-refractivity contribution in [1.82, 2.24) is 24.4 Å². The van der Waals surface area contributed by atoms with E-state index >= 15 is 0 Å². The fraction of sp³-hybridized carbons (Fsp3) is 0.400. The molecule has 2 N–H and O–H groups in total. The molecular formula is C30H37N7O2. The van der Waals surface area contributed by atoms with Crippen LogP contribution in [0.5, 0.6) is 0 Å². The zero-order valence-corrected chi connectivity index (χ0v) is 23.3. The molecule has 0 bridgehead atoms. The first-order valence-electron chi connectivity index (χ1n) is 13.5. The molecule has 9 nitrogen and oxygen atoms in total. The first-order valence-corrected chi connectivity index (χ1v) is 13.5. The number of hydrogen-bond donors (Lipinski definition) is 2. The molecule has 0 spiro atoms. The van der Waals surface area contributed by atoms with Crippen LogP contribution in [0.15, 0.2) is 60.9 Å². The quantitative estimate of drug-likeness (QED) is 0.302. The van der Waals surface area contributed by atoms with Crippen LogP contribution >= 0.6 is 0 Å². The smallest absolute Gasteiger partial charge is 0.408 e. The molecule has 0 saturated carbocycles. The van der Waals surface area contributed by atoms with Gasteiger partial charge in [0.15, 0.2) is 17.0 Å². The summed E-state index contributed by atoms with van der Waals surface area (Å²) in [5, 5.41) is 13.4. The fourth-order valence-electron chi connectivity index (χ4n) is 5.30. The second-order valence-corrected chi connectivity index (χ2v) is 11.4. The number of aromatic nitrogens is 4. The van der Waals surface area contributed by atoms with Gasteiger partial charge in [-0.3, -0.25) is 4.90 Å². The Kier molecular flexibility index (Phi) is 7.16. The Labute approximate surface area is 229 Å². The number of benzene rings is 2. The summed E-state index contributed by atoms with van der Waals surface area (Å²) in [6, 6.07) is 18.9. The van der Waals surface area contributed by atoms with Crippen LogP contribution in [0, 0.1) is 0 Å². The van der Waals surface area contributed by atoms with Crippen LogP contribution in [0.25, 0.3) is 22.3 Å². The minimum atomic E-state index is -0.899. The van der Waals surface area contributed by atoms with Crippen molar-refractivity contribution in [3.05, 3.63) is 66.5 Å². The van der Waals surface area contributed by atoms with Gasteiger partial charge >= 0.3 is 6.09 Å². The Balaban J connectivity index is 1.40. The number of carboxylic acid groups (broad SMARTS) is 1. The minimum Gasteiger partial charge on any atom is -0.465 e. The van der Waals surface area contributed by atoms with Gasteiger partial charge in [-0.15, -0.1) is 0 Å². The number of nitrogens with zero attached hydrogens (tertiary/aromatic N) is 6. The Morgan fingerprint density at radius 1 is 1.08 bits per heavy atom. The second kappa shape index (κ2) is 10.6. The van der Waals surface area contributed by atoms with Gasteiger partial charge in [0, 0.05) is 31.2 Å². The molecule has 9 heteroatoms. The predicted molar refractivity (Wildman–Crippen MR) is 155 cm³/mol. The summed E-state index contributed by atoms with van der Waals surface area (Å²) >= 11 is 0. The van der Waals surface area contributed by atoms with E-state index in [-0.39, 0.29) is 12.1 Å². The molecule has 4 aromatic rings. The zero-order chi connectivity index (χ0) is 27.7. The highest BCUT2D eigenvalue weighted by Crippen LogP contribution is 2.30. The normalized spacial score (nSPS) is 15.7. The average Bonchev–Trinajstić information content (AvgIpc) is 3.55. The minimum absolute atomic E-state index is 0.128. The number of rotatable bonds is 7. The van der Waals surface area contributed by atoms with Crippen LogP contribution in [0.1, 0.15) is 52.6 Å². The van der Waals surface area contributed by atoms with E-state index in [9.17, 15) is 9.90 Å². The summed E-state index contributed by atoms with van der Waals surface area (Å²) < 4.78 is 2.05. The lowest BCUT2D eigenvalue weighted by Crippen LogP contribution is -2.52. The molecule has 2 aromatic carbocycles. The molecule has 3 heterocycles. The van der Waals surface area contributed by atoms with Crippen LogP contribution in [0.3, 0.4) is 0 Å². The summed E-state index contributed by atoms with van der Waals surface area (Å²) in [4.78, 5) is 30.2. The molecular weight excluding hydrogens is 490 g/mol. The molecule has 1 aliphatic rings. The van der Waals surface area contributed by atoms with E-state index in [0.29, 0.717) is 31.4 Å². The van der Waals surface area contributed by atoms with E-state index in [1.54, 1.807) is 4.90 Å². The lowest BCUT2D eigenvalue weighted by atomic mass is 10.0. The largest absolute Gasteiger partial charge is 0.465 e. The molecule has 1 fully saturated rings. The monoisotopic (exact) mass is 527 g/mol. The topological polar surface area (TPSA) is 99.4 Å². The number of nitrogens with one attached hydrogen (secondary N) is 1. The van der Waals surface area contributed by atoms with Crippen LogP contribution < -0.4 is 10.2 Å². The van der Waals surface area contributed by atoms with Crippen molar-refractivity contribution < 1.29 is 9.90 Å². The summed E-state index contributed by atoms with van der Waals surface area (Å²) in [5.74, 6) is 1.27. The van der Waals surface area contributed by atoms with Crippen LogP contribution in [-0.2, 0) is 6.54 Å². The summed E-state index contributed by atoms with van der Waals surface area (Å²) in [6.45, 7) is 11.8. The van der Waals surface area contributed by atoms with E-state index in [0.717, 1.165) is 23.1 Å². The van der Waals surface area contributed by atoms with E-state index < -0.39 is 11.6 Å². The number of carbonyl (C=O) groups is 1. The van der Waals surface area contributed by atoms with Gasteiger partial charge in [0.2, 0.25) is 5.95 Å². The number of amides is 1. The SMILES string of the molecule is CC(C)n1cnc2c(NCc3ccc(-c4ccccc4)cc3)nc(N3CC[C@@H](N(C(=O)O)C(C)(C)C)C3)nc21. The molecule has 39 heavy (non-hydrogen) atoms. The molecule has 1 saturated heterocycles. The number of imidazole rings is 1. The van der Waals surface area contributed by atoms with Crippen molar-refractivity contribution in [1.29, 1.82) is 0 Å². The van der Waals surface area contributed by atoms with Gasteiger partial charge in [0.25, 0.3) is 0 Å². The number of fused-ring (bicyclic) bond motifs is 1. The molecule has 0 aliphatic carbocycles. The fourth-order valence-corrected chi connectivity index (χ4v) is 5.30. The Hall–Kier alpha value is -4.14. The van der Waals surface area contributed by atoms with Gasteiger partial charge in [-0.1, -0.05) is 54.6 Å². The van der Waals surface area contributed by atoms with Crippen LogP contribution in [0.4, 0.5) is 16.6 Å². The highest BCUT2D eigenvalue weighted by molar-refractivity contribution is 5.84. The zero-order valence-electron chi connectivity index (χ0n) is 23.3. The maximum atomic E-state index is 12.1. The van der Waals surface area contributed by atoms with E-state index in [1.807, 2.05) is 49.9 Å². The van der Waals surface area contributed by atoms with E-state index in [4.69, 9.17) is 9.97 Å². The highest BCUT2D eigenvalue weighted by atomic mass is 16.4. The van der Waals surface area contributed by atoms with Gasteiger partial charge in [-0.25, -0.2) is 9.78 Å². The van der Waals surface area contributed by atoms with Crippen molar-refractivity contribution in [2.45, 2.75) is 65.2 Å². The highest BCUT2D eigenvalue weighted by Gasteiger charge is 2.38. The summed E-state index contributed by atoms with van der Waals surface area (Å²) in [5.41, 5.74) is 4.51. The van der Waals surface area contributed by atoms with E-state index in [2.05, 4.69) is 65.4 Å². The predicted octanol–water partition coefficient (Wildman–Crippen LogP) is 6.04. The molecule has 1 aliphatic heterocycles. The molecule has 2 aromatic heterocycles. The van der Waals surface area contributed by atoms with Crippen molar-refractivity contribution >= 4 is 29.0 Å². The Bertz CT molecular complexity index is 1440. The Morgan fingerprint density at radius 3 is 2.41 bits per heavy atom. The summed E-state index contributed by atoms with van der Waals surface area (Å²) in [7, 11) is 0. The molecule has 1 atom stereocenters. The molecule has 5 rings (SSSR count). The number of hydrogen-bond acceptors (Lipinski definition) is 6. The lowest BCUT2D eigenvalue weighted by molar-refractivity contribution is 0.0762. The standard InChI is InChI=1S/C30H37N7O2/c1-20(2)36-19-32-25-26(31-17-21-11-13-23(14-12-21)22-9-7-6-8-10-22)33-28(34-27(25)36)35-16-15-24(18-35)37(29(38)39)30(3,4)5/h6-14,19-20,24H,15-18H2,1-5H3,(H,38,39)(H,31,33,34)/t24-/m1/s1. The van der Waals surface area contributed by atoms with Gasteiger partial charge in [-0.05, 0) is 57.7 Å². The number of anilines is 2.